The van der Waals surface area contributed by atoms with Gasteiger partial charge in [0.05, 0.1) is 17.6 Å². The molecule has 200 valence electrons. The van der Waals surface area contributed by atoms with Crippen molar-refractivity contribution in [2.24, 2.45) is 16.9 Å². The second-order valence-corrected chi connectivity index (χ2v) is 11.2. The molecular formula is C29H33FN4O4. The standard InChI is InChI=1S/C29H33FN4O4/c1-29(2)13-24-27(21-10-4-17(30)12-23(21)34(24)25(35)14-29)16-3-9-20(28(32)37)22(11-16)33-18-5-7-19(8-6-18)38-26(36)15-31/h3-4,9-12,18-19,33H,5-8,13-15,31H2,1-2H3,(H2,32,37)/t18-,19-. The zero-order chi connectivity index (χ0) is 27.2. The average Bonchev–Trinajstić information content (AvgIpc) is 3.17. The highest BCUT2D eigenvalue weighted by molar-refractivity contribution is 6.06. The van der Waals surface area contributed by atoms with Crippen LogP contribution >= 0.6 is 0 Å². The van der Waals surface area contributed by atoms with Crippen molar-refractivity contribution in [1.29, 1.82) is 0 Å². The largest absolute Gasteiger partial charge is 0.461 e. The SMILES string of the molecule is CC1(C)CC(=O)n2c(c(-c3ccc(C(N)=O)c(N[C@H]4CC[C@H](OC(=O)CN)CC4)c3)c3ccc(F)cc32)C1. The van der Waals surface area contributed by atoms with Gasteiger partial charge in [-0.05, 0) is 73.4 Å². The van der Waals surface area contributed by atoms with E-state index in [1.165, 1.54) is 12.1 Å². The third-order valence-electron chi connectivity index (χ3n) is 7.63. The number of rotatable bonds is 6. The number of hydrogen-bond donors (Lipinski definition) is 3. The zero-order valence-electron chi connectivity index (χ0n) is 21.7. The minimum Gasteiger partial charge on any atom is -0.461 e. The number of hydrogen-bond acceptors (Lipinski definition) is 6. The van der Waals surface area contributed by atoms with Crippen LogP contribution in [0.3, 0.4) is 0 Å². The van der Waals surface area contributed by atoms with Crippen LogP contribution in [-0.4, -0.2) is 41.0 Å². The fraction of sp³-hybridized carbons (Fsp3) is 0.414. The Morgan fingerprint density at radius 3 is 2.53 bits per heavy atom. The first kappa shape index (κ1) is 25.9. The lowest BCUT2D eigenvalue weighted by molar-refractivity contribution is -0.148. The average molecular weight is 521 g/mol. The number of benzene rings is 2. The van der Waals surface area contributed by atoms with Gasteiger partial charge < -0.3 is 21.5 Å². The van der Waals surface area contributed by atoms with Gasteiger partial charge in [-0.15, -0.1) is 0 Å². The lowest BCUT2D eigenvalue weighted by Crippen LogP contribution is -2.33. The van der Waals surface area contributed by atoms with E-state index in [1.54, 1.807) is 16.7 Å². The molecule has 1 amide bonds. The summed E-state index contributed by atoms with van der Waals surface area (Å²) in [5.74, 6) is -1.42. The first-order chi connectivity index (χ1) is 18.1. The second-order valence-electron chi connectivity index (χ2n) is 11.2. The summed E-state index contributed by atoms with van der Waals surface area (Å²) in [6, 6.07) is 10.0. The van der Waals surface area contributed by atoms with Crippen molar-refractivity contribution >= 4 is 34.4 Å². The molecule has 5 N–H and O–H groups in total. The van der Waals surface area contributed by atoms with Crippen LogP contribution in [0, 0.1) is 11.2 Å². The maximum absolute atomic E-state index is 14.3. The molecule has 0 unspecified atom stereocenters. The molecular weight excluding hydrogens is 487 g/mol. The molecule has 9 heteroatoms. The number of nitrogens with zero attached hydrogens (tertiary/aromatic N) is 1. The Hall–Kier alpha value is -3.72. The van der Waals surface area contributed by atoms with Crippen LogP contribution in [0.25, 0.3) is 22.0 Å². The molecule has 2 aromatic carbocycles. The number of amides is 1. The summed E-state index contributed by atoms with van der Waals surface area (Å²) in [6.07, 6.45) is 3.73. The van der Waals surface area contributed by atoms with Crippen LogP contribution in [0.4, 0.5) is 10.1 Å². The Morgan fingerprint density at radius 1 is 1.11 bits per heavy atom. The Kier molecular flexibility index (Phi) is 6.73. The number of carbonyl (C=O) groups is 3. The molecule has 2 aliphatic rings. The predicted molar refractivity (Wildman–Crippen MR) is 143 cm³/mol. The second kappa shape index (κ2) is 9.87. The first-order valence-electron chi connectivity index (χ1n) is 13.0. The smallest absolute Gasteiger partial charge is 0.319 e. The number of carbonyl (C=O) groups excluding carboxylic acids is 3. The lowest BCUT2D eigenvalue weighted by atomic mass is 9.80. The van der Waals surface area contributed by atoms with Gasteiger partial charge in [0.2, 0.25) is 5.91 Å². The van der Waals surface area contributed by atoms with Crippen molar-refractivity contribution in [3.05, 3.63) is 53.5 Å². The minimum atomic E-state index is -0.549. The molecule has 1 aliphatic carbocycles. The third kappa shape index (κ3) is 4.90. The maximum atomic E-state index is 14.3. The number of ether oxygens (including phenoxy) is 1. The quantitative estimate of drug-likeness (QED) is 0.414. The van der Waals surface area contributed by atoms with Crippen molar-refractivity contribution in [1.82, 2.24) is 4.57 Å². The summed E-state index contributed by atoms with van der Waals surface area (Å²) in [4.78, 5) is 37.0. The van der Waals surface area contributed by atoms with E-state index in [4.69, 9.17) is 16.2 Å². The van der Waals surface area contributed by atoms with E-state index in [-0.39, 0.29) is 30.0 Å². The van der Waals surface area contributed by atoms with Crippen LogP contribution in [0.5, 0.6) is 0 Å². The molecule has 0 radical (unpaired) electrons. The third-order valence-corrected chi connectivity index (χ3v) is 7.63. The van der Waals surface area contributed by atoms with Gasteiger partial charge in [-0.1, -0.05) is 19.9 Å². The van der Waals surface area contributed by atoms with E-state index < -0.39 is 17.7 Å². The fourth-order valence-corrected chi connectivity index (χ4v) is 5.91. The van der Waals surface area contributed by atoms with Crippen LogP contribution < -0.4 is 16.8 Å². The maximum Gasteiger partial charge on any atom is 0.319 e. The zero-order valence-corrected chi connectivity index (χ0v) is 21.7. The number of anilines is 1. The van der Waals surface area contributed by atoms with Gasteiger partial charge in [0.1, 0.15) is 11.9 Å². The van der Waals surface area contributed by atoms with Crippen molar-refractivity contribution in [2.45, 2.75) is 64.5 Å². The van der Waals surface area contributed by atoms with Crippen molar-refractivity contribution in [3.63, 3.8) is 0 Å². The molecule has 0 bridgehead atoms. The molecule has 1 saturated carbocycles. The summed E-state index contributed by atoms with van der Waals surface area (Å²) in [5.41, 5.74) is 14.9. The molecule has 0 atom stereocenters. The normalized spacial score (nSPS) is 20.7. The first-order valence-corrected chi connectivity index (χ1v) is 13.0. The molecule has 0 spiro atoms. The molecule has 3 aromatic rings. The lowest BCUT2D eigenvalue weighted by Gasteiger charge is -2.31. The van der Waals surface area contributed by atoms with E-state index in [1.807, 2.05) is 12.1 Å². The Balaban J connectivity index is 1.53. The Morgan fingerprint density at radius 2 is 1.84 bits per heavy atom. The van der Waals surface area contributed by atoms with Gasteiger partial charge in [-0.3, -0.25) is 19.0 Å². The van der Waals surface area contributed by atoms with Crippen molar-refractivity contribution in [3.8, 4) is 11.1 Å². The van der Waals surface area contributed by atoms with Crippen LogP contribution in [0.2, 0.25) is 0 Å². The summed E-state index contributed by atoms with van der Waals surface area (Å²) < 4.78 is 21.3. The van der Waals surface area contributed by atoms with Gasteiger partial charge in [-0.25, -0.2) is 4.39 Å². The summed E-state index contributed by atoms with van der Waals surface area (Å²) in [7, 11) is 0. The highest BCUT2D eigenvalue weighted by Crippen LogP contribution is 2.43. The van der Waals surface area contributed by atoms with E-state index in [9.17, 15) is 18.8 Å². The Labute approximate surface area is 220 Å². The molecule has 1 aromatic heterocycles. The molecule has 5 rings (SSSR count). The van der Waals surface area contributed by atoms with Crippen LogP contribution in [0.1, 0.15) is 66.8 Å². The summed E-state index contributed by atoms with van der Waals surface area (Å²) in [5, 5.41) is 4.27. The van der Waals surface area contributed by atoms with E-state index in [2.05, 4.69) is 19.2 Å². The molecule has 0 saturated heterocycles. The van der Waals surface area contributed by atoms with Crippen LogP contribution in [-0.2, 0) is 16.0 Å². The van der Waals surface area contributed by atoms with Crippen LogP contribution in [0.15, 0.2) is 36.4 Å². The van der Waals surface area contributed by atoms with E-state index in [0.717, 1.165) is 35.0 Å². The molecule has 2 heterocycles. The summed E-state index contributed by atoms with van der Waals surface area (Å²) in [6.45, 7) is 3.97. The number of halogens is 1. The number of primary amides is 1. The minimum absolute atomic E-state index is 0.0581. The molecule has 8 nitrogen and oxygen atoms in total. The van der Waals surface area contributed by atoms with Crippen molar-refractivity contribution in [2.75, 3.05) is 11.9 Å². The number of nitrogens with one attached hydrogen (secondary N) is 1. The monoisotopic (exact) mass is 520 g/mol. The predicted octanol–water partition coefficient (Wildman–Crippen LogP) is 4.38. The molecule has 1 fully saturated rings. The van der Waals surface area contributed by atoms with Gasteiger partial charge in [0.25, 0.3) is 5.91 Å². The Bertz CT molecular complexity index is 1440. The van der Waals surface area contributed by atoms with Gasteiger partial charge in [0, 0.05) is 34.8 Å². The fourth-order valence-electron chi connectivity index (χ4n) is 5.91. The highest BCUT2D eigenvalue weighted by Gasteiger charge is 2.35. The molecule has 38 heavy (non-hydrogen) atoms. The number of esters is 1. The van der Waals surface area contributed by atoms with Gasteiger partial charge in [-0.2, -0.15) is 0 Å². The van der Waals surface area contributed by atoms with E-state index in [0.29, 0.717) is 42.5 Å². The highest BCUT2D eigenvalue weighted by atomic mass is 19.1. The topological polar surface area (TPSA) is 129 Å². The number of nitrogens with two attached hydrogens (primary N) is 2. The van der Waals surface area contributed by atoms with Gasteiger partial charge >= 0.3 is 5.97 Å². The molecule has 1 aliphatic heterocycles. The van der Waals surface area contributed by atoms with Crippen molar-refractivity contribution < 1.29 is 23.5 Å². The number of fused-ring (bicyclic) bond motifs is 3. The summed E-state index contributed by atoms with van der Waals surface area (Å²) >= 11 is 0. The van der Waals surface area contributed by atoms with E-state index >= 15 is 0 Å². The number of aromatic nitrogens is 1. The van der Waals surface area contributed by atoms with Gasteiger partial charge in [0.15, 0.2) is 0 Å².